The Bertz CT molecular complexity index is 1310. The van der Waals surface area contributed by atoms with E-state index in [2.05, 4.69) is 19.9 Å². The maximum absolute atomic E-state index is 12.1. The number of carbonyl (C=O) groups is 3. The molecule has 0 aliphatic rings. The Morgan fingerprint density at radius 3 is 2.13 bits per heavy atom. The van der Waals surface area contributed by atoms with Gasteiger partial charge in [-0.3, -0.25) is 4.79 Å². The first-order chi connectivity index (χ1) is 18.0. The normalized spacial score (nSPS) is 12.1. The quantitative estimate of drug-likeness (QED) is 0.161. The van der Waals surface area contributed by atoms with Gasteiger partial charge >= 0.3 is 17.9 Å². The predicted octanol–water partition coefficient (Wildman–Crippen LogP) is 6.16. The minimum absolute atomic E-state index is 0.0575. The summed E-state index contributed by atoms with van der Waals surface area (Å²) >= 11 is 0. The minimum Gasteiger partial charge on any atom is -0.496 e. The van der Waals surface area contributed by atoms with Gasteiger partial charge in [0.15, 0.2) is 18.1 Å². The monoisotopic (exact) mass is 518 g/mol. The highest BCUT2D eigenvalue weighted by Crippen LogP contribution is 2.29. The van der Waals surface area contributed by atoms with E-state index in [4.69, 9.17) is 18.9 Å². The van der Waals surface area contributed by atoms with Crippen LogP contribution in [0.15, 0.2) is 71.9 Å². The summed E-state index contributed by atoms with van der Waals surface area (Å²) in [4.78, 5) is 35.3. The summed E-state index contributed by atoms with van der Waals surface area (Å²) in [6, 6.07) is 8.25. The number of hydrogen-bond donors (Lipinski definition) is 0. The average molecular weight is 519 g/mol. The van der Waals surface area contributed by atoms with Crippen molar-refractivity contribution in [2.45, 2.75) is 41.5 Å². The second kappa shape index (κ2) is 14.4. The standard InChI is InChI=1S/C31H34O7/c1-20(15-16-26-22(3)18-29(35-7)24(5)23(26)4)11-10-12-21(2)17-30(33)36-19-31(34)38-28-14-9-8-13-27(28)37-25(6)32/h8-18H,19H2,1-7H3/b12-10+,16-15+,20-11+,21-17+. The van der Waals surface area contributed by atoms with E-state index in [1.807, 2.05) is 38.1 Å². The first kappa shape index (κ1) is 29.8. The molecular formula is C31H34O7. The van der Waals surface area contributed by atoms with Gasteiger partial charge in [-0.2, -0.15) is 0 Å². The van der Waals surface area contributed by atoms with Gasteiger partial charge in [0.1, 0.15) is 5.75 Å². The van der Waals surface area contributed by atoms with Crippen LogP contribution in [0.2, 0.25) is 0 Å². The second-order valence-corrected chi connectivity index (χ2v) is 8.67. The molecule has 0 atom stereocenters. The lowest BCUT2D eigenvalue weighted by atomic mass is 9.96. The third-order valence-corrected chi connectivity index (χ3v) is 5.56. The third-order valence-electron chi connectivity index (χ3n) is 5.56. The lowest BCUT2D eigenvalue weighted by Crippen LogP contribution is -2.18. The van der Waals surface area contributed by atoms with Crippen molar-refractivity contribution in [3.8, 4) is 17.2 Å². The Labute approximate surface area is 224 Å². The maximum Gasteiger partial charge on any atom is 0.349 e. The molecule has 0 aliphatic carbocycles. The van der Waals surface area contributed by atoms with Crippen molar-refractivity contribution >= 4 is 24.0 Å². The Morgan fingerprint density at radius 2 is 1.50 bits per heavy atom. The Hall–Kier alpha value is -4.39. The van der Waals surface area contributed by atoms with Crippen LogP contribution < -0.4 is 14.2 Å². The van der Waals surface area contributed by atoms with Crippen LogP contribution in [0.4, 0.5) is 0 Å². The molecule has 0 unspecified atom stereocenters. The topological polar surface area (TPSA) is 88.1 Å². The van der Waals surface area contributed by atoms with E-state index in [0.29, 0.717) is 5.57 Å². The zero-order valence-corrected chi connectivity index (χ0v) is 22.9. The van der Waals surface area contributed by atoms with Crippen molar-refractivity contribution in [1.82, 2.24) is 0 Å². The van der Waals surface area contributed by atoms with Crippen LogP contribution in [0.5, 0.6) is 17.2 Å². The van der Waals surface area contributed by atoms with Crippen LogP contribution in [-0.2, 0) is 19.1 Å². The molecule has 7 nitrogen and oxygen atoms in total. The molecule has 0 radical (unpaired) electrons. The molecule has 0 amide bonds. The molecule has 0 aliphatic heterocycles. The molecule has 2 aromatic carbocycles. The van der Waals surface area contributed by atoms with Crippen LogP contribution in [0.1, 0.15) is 43.0 Å². The van der Waals surface area contributed by atoms with Crippen LogP contribution in [0, 0.1) is 20.8 Å². The lowest BCUT2D eigenvalue weighted by Gasteiger charge is -2.13. The fourth-order valence-corrected chi connectivity index (χ4v) is 3.49. The summed E-state index contributed by atoms with van der Waals surface area (Å²) in [5.74, 6) is -0.992. The van der Waals surface area contributed by atoms with Crippen LogP contribution >= 0.6 is 0 Å². The minimum atomic E-state index is -0.803. The molecule has 0 saturated carbocycles. The van der Waals surface area contributed by atoms with E-state index < -0.39 is 24.5 Å². The Kier molecular flexibility index (Phi) is 11.3. The molecule has 200 valence electrons. The zero-order chi connectivity index (χ0) is 28.2. The van der Waals surface area contributed by atoms with Crippen molar-refractivity contribution in [2.75, 3.05) is 13.7 Å². The highest BCUT2D eigenvalue weighted by atomic mass is 16.6. The molecule has 0 N–H and O–H groups in total. The van der Waals surface area contributed by atoms with Gasteiger partial charge in [0, 0.05) is 13.0 Å². The molecule has 0 spiro atoms. The summed E-state index contributed by atoms with van der Waals surface area (Å²) in [6.07, 6.45) is 10.9. The molecule has 2 rings (SSSR count). The van der Waals surface area contributed by atoms with Gasteiger partial charge in [-0.15, -0.1) is 0 Å². The number of ether oxygens (including phenoxy) is 4. The number of allylic oxidation sites excluding steroid dienone is 6. The lowest BCUT2D eigenvalue weighted by molar-refractivity contribution is -0.150. The van der Waals surface area contributed by atoms with Gasteiger partial charge < -0.3 is 18.9 Å². The zero-order valence-electron chi connectivity index (χ0n) is 22.9. The van der Waals surface area contributed by atoms with Gasteiger partial charge in [0.25, 0.3) is 0 Å². The van der Waals surface area contributed by atoms with Crippen LogP contribution in [0.25, 0.3) is 6.08 Å². The first-order valence-electron chi connectivity index (χ1n) is 12.0. The van der Waals surface area contributed by atoms with E-state index in [1.54, 1.807) is 32.2 Å². The van der Waals surface area contributed by atoms with Gasteiger partial charge in [-0.25, -0.2) is 9.59 Å². The van der Waals surface area contributed by atoms with Gasteiger partial charge in [-0.05, 0) is 80.6 Å². The van der Waals surface area contributed by atoms with Crippen molar-refractivity contribution < 1.29 is 33.3 Å². The molecule has 0 saturated heterocycles. The van der Waals surface area contributed by atoms with E-state index in [-0.39, 0.29) is 11.5 Å². The maximum atomic E-state index is 12.1. The highest BCUT2D eigenvalue weighted by molar-refractivity contribution is 5.86. The van der Waals surface area contributed by atoms with E-state index in [0.717, 1.165) is 28.0 Å². The molecule has 0 aromatic heterocycles. The molecule has 2 aromatic rings. The Balaban J connectivity index is 1.92. The van der Waals surface area contributed by atoms with Crippen molar-refractivity contribution in [3.05, 3.63) is 94.1 Å². The second-order valence-electron chi connectivity index (χ2n) is 8.67. The number of hydrogen-bond acceptors (Lipinski definition) is 7. The summed E-state index contributed by atoms with van der Waals surface area (Å²) in [5, 5.41) is 0. The number of para-hydroxylation sites is 2. The summed E-state index contributed by atoms with van der Waals surface area (Å²) in [5.41, 5.74) is 6.27. The first-order valence-corrected chi connectivity index (χ1v) is 12.0. The molecule has 7 heteroatoms. The van der Waals surface area contributed by atoms with Crippen molar-refractivity contribution in [2.24, 2.45) is 0 Å². The van der Waals surface area contributed by atoms with Crippen molar-refractivity contribution in [3.63, 3.8) is 0 Å². The van der Waals surface area contributed by atoms with Crippen LogP contribution in [-0.4, -0.2) is 31.6 Å². The molecule has 38 heavy (non-hydrogen) atoms. The van der Waals surface area contributed by atoms with Gasteiger partial charge in [0.05, 0.1) is 7.11 Å². The number of rotatable bonds is 10. The van der Waals surface area contributed by atoms with E-state index in [1.165, 1.54) is 30.7 Å². The van der Waals surface area contributed by atoms with E-state index >= 15 is 0 Å². The SMILES string of the molecule is COc1cc(C)c(/C=C/C(C)=C/C=C/C(C)=C/C(=O)OCC(=O)Oc2ccccc2OC(C)=O)c(C)c1C. The number of aryl methyl sites for hydroxylation is 1. The van der Waals surface area contributed by atoms with E-state index in [9.17, 15) is 14.4 Å². The molecular weight excluding hydrogens is 484 g/mol. The number of methoxy groups -OCH3 is 1. The predicted molar refractivity (Wildman–Crippen MR) is 147 cm³/mol. The van der Waals surface area contributed by atoms with Gasteiger partial charge in [-0.1, -0.05) is 48.1 Å². The summed E-state index contributed by atoms with van der Waals surface area (Å²) in [7, 11) is 1.68. The van der Waals surface area contributed by atoms with Crippen LogP contribution in [0.3, 0.4) is 0 Å². The summed E-state index contributed by atoms with van der Waals surface area (Å²) < 4.78 is 20.5. The Morgan fingerprint density at radius 1 is 0.842 bits per heavy atom. The average Bonchev–Trinajstić information content (AvgIpc) is 2.85. The fourth-order valence-electron chi connectivity index (χ4n) is 3.49. The number of benzene rings is 2. The van der Waals surface area contributed by atoms with Crippen molar-refractivity contribution in [1.29, 1.82) is 0 Å². The largest absolute Gasteiger partial charge is 0.496 e. The van der Waals surface area contributed by atoms with Gasteiger partial charge in [0.2, 0.25) is 0 Å². The third kappa shape index (κ3) is 9.24. The highest BCUT2D eigenvalue weighted by Gasteiger charge is 2.13. The smallest absolute Gasteiger partial charge is 0.349 e. The summed E-state index contributed by atoms with van der Waals surface area (Å²) in [6.45, 7) is 10.6. The molecule has 0 bridgehead atoms. The fraction of sp³-hybridized carbons (Fsp3) is 0.258. The number of carbonyl (C=O) groups excluding carboxylic acids is 3. The molecule has 0 heterocycles. The number of esters is 3. The molecule has 0 fully saturated rings.